The number of aliphatic imine (C=N–C) groups is 1. The molecule has 0 aliphatic carbocycles. The second kappa shape index (κ2) is 10.1. The summed E-state index contributed by atoms with van der Waals surface area (Å²) in [7, 11) is 4.10. The van der Waals surface area contributed by atoms with Crippen molar-refractivity contribution in [3.8, 4) is 5.75 Å². The number of rotatable bonds is 6. The molecule has 2 aromatic carbocycles. The van der Waals surface area contributed by atoms with E-state index in [2.05, 4.69) is 0 Å². The van der Waals surface area contributed by atoms with E-state index in [1.165, 1.54) is 14.2 Å². The molecule has 0 N–H and O–H groups in total. The summed E-state index contributed by atoms with van der Waals surface area (Å²) in [6, 6.07) is 13.0. The Morgan fingerprint density at radius 1 is 0.824 bits per heavy atom. The van der Waals surface area contributed by atoms with Crippen molar-refractivity contribution in [2.75, 3.05) is 21.3 Å². The molecule has 0 saturated carbocycles. The minimum absolute atomic E-state index is 0.364. The van der Waals surface area contributed by atoms with Crippen molar-refractivity contribution < 1.29 is 33.3 Å². The third kappa shape index (κ3) is 5.27. The Morgan fingerprint density at radius 2 is 1.41 bits per heavy atom. The minimum Gasteiger partial charge on any atom is -0.497 e. The summed E-state index contributed by atoms with van der Waals surface area (Å²) in [5, 5.41) is 0. The summed E-state index contributed by atoms with van der Waals surface area (Å²) in [5.74, 6) is -2.85. The summed E-state index contributed by atoms with van der Waals surface area (Å²) >= 11 is 0. The molecule has 0 unspecified atom stereocenters. The maximum absolute atomic E-state index is 12.8. The van der Waals surface area contributed by atoms with Crippen molar-refractivity contribution in [3.05, 3.63) is 65.2 Å². The average Bonchev–Trinajstić information content (AvgIpc) is 3.22. The third-order valence-corrected chi connectivity index (χ3v) is 5.47. The van der Waals surface area contributed by atoms with Crippen molar-refractivity contribution in [1.82, 2.24) is 0 Å². The van der Waals surface area contributed by atoms with Crippen molar-refractivity contribution in [2.45, 2.75) is 32.4 Å². The summed E-state index contributed by atoms with van der Waals surface area (Å²) in [6.07, 6.45) is 0. The van der Waals surface area contributed by atoms with Gasteiger partial charge in [-0.15, -0.1) is 0 Å². The largest absolute Gasteiger partial charge is 0.497 e. The number of benzene rings is 2. The van der Waals surface area contributed by atoms with Crippen LogP contribution in [0.3, 0.4) is 0 Å². The SMILES string of the molecule is COC(=O)[C@@H]1C(c2ccc(C(=O)OC(C)(C)C)cc2)=N[C@H](c2ccc(OC)cc2)[C@H]1C(=O)OC. The van der Waals surface area contributed by atoms with Crippen molar-refractivity contribution in [3.63, 3.8) is 0 Å². The van der Waals surface area contributed by atoms with E-state index in [-0.39, 0.29) is 0 Å². The van der Waals surface area contributed by atoms with E-state index in [1.807, 2.05) is 0 Å². The average molecular weight is 468 g/mol. The molecule has 0 fully saturated rings. The highest BCUT2D eigenvalue weighted by Gasteiger charge is 2.49. The predicted octanol–water partition coefficient (Wildman–Crippen LogP) is 3.77. The van der Waals surface area contributed by atoms with Gasteiger partial charge in [0.25, 0.3) is 0 Å². The van der Waals surface area contributed by atoms with Crippen LogP contribution in [0.4, 0.5) is 0 Å². The second-order valence-electron chi connectivity index (χ2n) is 8.86. The molecule has 3 atom stereocenters. The van der Waals surface area contributed by atoms with E-state index in [9.17, 15) is 14.4 Å². The smallest absolute Gasteiger partial charge is 0.338 e. The van der Waals surface area contributed by atoms with Crippen LogP contribution in [0.15, 0.2) is 53.5 Å². The van der Waals surface area contributed by atoms with Crippen LogP contribution in [0.5, 0.6) is 5.75 Å². The van der Waals surface area contributed by atoms with Crippen LogP contribution in [0, 0.1) is 11.8 Å². The van der Waals surface area contributed by atoms with E-state index in [4.69, 9.17) is 23.9 Å². The van der Waals surface area contributed by atoms with Gasteiger partial charge in [0.1, 0.15) is 23.2 Å². The van der Waals surface area contributed by atoms with Crippen LogP contribution in [0.25, 0.3) is 0 Å². The first-order valence-electron chi connectivity index (χ1n) is 10.8. The zero-order chi connectivity index (χ0) is 25.0. The molecule has 8 nitrogen and oxygen atoms in total. The van der Waals surface area contributed by atoms with Gasteiger partial charge >= 0.3 is 17.9 Å². The number of carbonyl (C=O) groups is 3. The fourth-order valence-electron chi connectivity index (χ4n) is 3.90. The summed E-state index contributed by atoms with van der Waals surface area (Å²) < 4.78 is 20.7. The lowest BCUT2D eigenvalue weighted by Gasteiger charge is -2.21. The molecule has 1 aliphatic rings. The third-order valence-electron chi connectivity index (χ3n) is 5.47. The van der Waals surface area contributed by atoms with Crippen molar-refractivity contribution >= 4 is 23.6 Å². The van der Waals surface area contributed by atoms with Crippen LogP contribution < -0.4 is 4.74 Å². The Balaban J connectivity index is 2.04. The fourth-order valence-corrected chi connectivity index (χ4v) is 3.90. The van der Waals surface area contributed by atoms with Gasteiger partial charge in [-0.25, -0.2) is 4.79 Å². The number of hydrogen-bond donors (Lipinski definition) is 0. The summed E-state index contributed by atoms with van der Waals surface area (Å²) in [6.45, 7) is 5.37. The first kappa shape index (κ1) is 25.0. The number of esters is 3. The molecule has 1 aliphatic heterocycles. The van der Waals surface area contributed by atoms with Gasteiger partial charge < -0.3 is 18.9 Å². The van der Waals surface area contributed by atoms with Gasteiger partial charge in [0.2, 0.25) is 0 Å². The van der Waals surface area contributed by atoms with Crippen LogP contribution >= 0.6 is 0 Å². The second-order valence-corrected chi connectivity index (χ2v) is 8.86. The molecular formula is C26H29NO7. The first-order chi connectivity index (χ1) is 16.1. The highest BCUT2D eigenvalue weighted by atomic mass is 16.6. The van der Waals surface area contributed by atoms with Gasteiger partial charge in [-0.2, -0.15) is 0 Å². The standard InChI is InChI=1S/C26H29NO7/c1-26(2,3)34-23(28)17-9-7-15(8-10-17)21-19(24(29)32-5)20(25(30)33-6)22(27-21)16-11-13-18(31-4)14-12-16/h7-14,19-20,22H,1-6H3/t19-,20-,22+/m0/s1. The minimum atomic E-state index is -0.975. The highest BCUT2D eigenvalue weighted by molar-refractivity contribution is 6.15. The fraction of sp³-hybridized carbons (Fsp3) is 0.385. The first-order valence-corrected chi connectivity index (χ1v) is 10.8. The Labute approximate surface area is 198 Å². The Morgan fingerprint density at radius 3 is 1.91 bits per heavy atom. The quantitative estimate of drug-likeness (QED) is 0.471. The van der Waals surface area contributed by atoms with Gasteiger partial charge in [-0.1, -0.05) is 24.3 Å². The van der Waals surface area contributed by atoms with E-state index in [1.54, 1.807) is 76.4 Å². The maximum Gasteiger partial charge on any atom is 0.338 e. The van der Waals surface area contributed by atoms with Crippen LogP contribution in [-0.4, -0.2) is 50.6 Å². The molecule has 3 rings (SSSR count). The molecular weight excluding hydrogens is 438 g/mol. The Hall–Kier alpha value is -3.68. The lowest BCUT2D eigenvalue weighted by atomic mass is 9.82. The van der Waals surface area contributed by atoms with Gasteiger partial charge in [-0.05, 0) is 56.2 Å². The summed E-state index contributed by atoms with van der Waals surface area (Å²) in [4.78, 5) is 42.8. The molecule has 0 aromatic heterocycles. The van der Waals surface area contributed by atoms with Crippen LogP contribution in [0.1, 0.15) is 48.3 Å². The van der Waals surface area contributed by atoms with E-state index in [0.717, 1.165) is 5.56 Å². The molecule has 2 aromatic rings. The lowest BCUT2D eigenvalue weighted by Crippen LogP contribution is -2.35. The molecule has 0 saturated heterocycles. The molecule has 180 valence electrons. The number of methoxy groups -OCH3 is 3. The lowest BCUT2D eigenvalue weighted by molar-refractivity contribution is -0.154. The highest BCUT2D eigenvalue weighted by Crippen LogP contribution is 2.42. The topological polar surface area (TPSA) is 100 Å². The van der Waals surface area contributed by atoms with Crippen LogP contribution in [-0.2, 0) is 23.8 Å². The zero-order valence-electron chi connectivity index (χ0n) is 20.2. The molecule has 8 heteroatoms. The molecule has 0 amide bonds. The Bertz CT molecular complexity index is 1080. The van der Waals surface area contributed by atoms with Gasteiger partial charge in [0, 0.05) is 0 Å². The number of nitrogens with zero attached hydrogens (tertiary/aromatic N) is 1. The Kier molecular flexibility index (Phi) is 7.39. The maximum atomic E-state index is 12.8. The van der Waals surface area contributed by atoms with Gasteiger partial charge in [0.15, 0.2) is 0 Å². The van der Waals surface area contributed by atoms with Crippen molar-refractivity contribution in [2.24, 2.45) is 16.8 Å². The normalized spacial score (nSPS) is 19.7. The summed E-state index contributed by atoms with van der Waals surface area (Å²) in [5.41, 5.74) is 1.45. The molecule has 1 heterocycles. The van der Waals surface area contributed by atoms with Gasteiger partial charge in [0.05, 0.1) is 38.6 Å². The predicted molar refractivity (Wildman–Crippen MR) is 125 cm³/mol. The zero-order valence-corrected chi connectivity index (χ0v) is 20.2. The molecule has 0 radical (unpaired) electrons. The van der Waals surface area contributed by atoms with Crippen LogP contribution in [0.2, 0.25) is 0 Å². The molecule has 0 spiro atoms. The number of ether oxygens (including phenoxy) is 4. The van der Waals surface area contributed by atoms with Crippen molar-refractivity contribution in [1.29, 1.82) is 0 Å². The van der Waals surface area contributed by atoms with E-state index >= 15 is 0 Å². The number of carbonyl (C=O) groups excluding carboxylic acids is 3. The monoisotopic (exact) mass is 467 g/mol. The van der Waals surface area contributed by atoms with E-state index in [0.29, 0.717) is 22.6 Å². The van der Waals surface area contributed by atoms with E-state index < -0.39 is 41.4 Å². The van der Waals surface area contributed by atoms with Gasteiger partial charge in [-0.3, -0.25) is 14.6 Å². The number of hydrogen-bond acceptors (Lipinski definition) is 8. The molecule has 0 bridgehead atoms. The molecule has 34 heavy (non-hydrogen) atoms.